The number of halogens is 1. The van der Waals surface area contributed by atoms with Crippen molar-refractivity contribution in [3.63, 3.8) is 0 Å². The van der Waals surface area contributed by atoms with E-state index in [4.69, 9.17) is 4.74 Å². The number of methoxy groups -OCH3 is 1. The van der Waals surface area contributed by atoms with Gasteiger partial charge in [-0.25, -0.2) is 0 Å². The predicted octanol–water partition coefficient (Wildman–Crippen LogP) is 3.32. The molecule has 2 nitrogen and oxygen atoms in total. The third-order valence-corrected chi connectivity index (χ3v) is 4.76. The van der Waals surface area contributed by atoms with Crippen LogP contribution in [0.2, 0.25) is 0 Å². The first-order valence-corrected chi connectivity index (χ1v) is 7.18. The zero-order valence-corrected chi connectivity index (χ0v) is 12.7. The minimum Gasteiger partial charge on any atom is -0.496 e. The summed E-state index contributed by atoms with van der Waals surface area (Å²) >= 11 is 0. The molecule has 0 heterocycles. The van der Waals surface area contributed by atoms with E-state index in [-0.39, 0.29) is 12.4 Å². The molecule has 0 saturated heterocycles. The summed E-state index contributed by atoms with van der Waals surface area (Å²) < 4.78 is 5.56. The van der Waals surface area contributed by atoms with E-state index in [0.29, 0.717) is 0 Å². The van der Waals surface area contributed by atoms with Gasteiger partial charge in [-0.3, -0.25) is 0 Å². The van der Waals surface area contributed by atoms with Crippen LogP contribution in [-0.4, -0.2) is 20.7 Å². The maximum atomic E-state index is 5.56. The van der Waals surface area contributed by atoms with Crippen LogP contribution >= 0.6 is 12.4 Å². The van der Waals surface area contributed by atoms with E-state index in [0.717, 1.165) is 24.1 Å². The lowest BCUT2D eigenvalue weighted by molar-refractivity contribution is 0.321. The van der Waals surface area contributed by atoms with Gasteiger partial charge >= 0.3 is 0 Å². The topological polar surface area (TPSA) is 21.3 Å². The Morgan fingerprint density at radius 2 is 2.11 bits per heavy atom. The summed E-state index contributed by atoms with van der Waals surface area (Å²) in [4.78, 5) is 0. The minimum absolute atomic E-state index is 0. The standard InChI is InChI=1S/C16H23NO.ClH/c1-17-10-12-7-6-11-8-9-15(18-2)14-5-3-4-13(12)16(11)14;/h8-9,12-13,17H,3-7,10H2,1-2H3;1H. The van der Waals surface area contributed by atoms with E-state index in [1.807, 2.05) is 0 Å². The van der Waals surface area contributed by atoms with Crippen LogP contribution in [0.25, 0.3) is 0 Å². The number of ether oxygens (including phenoxy) is 1. The van der Waals surface area contributed by atoms with Crippen LogP contribution in [0.4, 0.5) is 0 Å². The second-order valence-electron chi connectivity index (χ2n) is 5.67. The Morgan fingerprint density at radius 3 is 2.84 bits per heavy atom. The van der Waals surface area contributed by atoms with Gasteiger partial charge in [0.25, 0.3) is 0 Å². The molecule has 2 unspecified atom stereocenters. The Kier molecular flexibility index (Phi) is 4.75. The van der Waals surface area contributed by atoms with Crippen LogP contribution in [-0.2, 0) is 12.8 Å². The van der Waals surface area contributed by atoms with Gasteiger partial charge in [0.05, 0.1) is 7.11 Å². The number of rotatable bonds is 3. The molecule has 0 amide bonds. The van der Waals surface area contributed by atoms with E-state index in [9.17, 15) is 0 Å². The second-order valence-corrected chi connectivity index (χ2v) is 5.67. The molecule has 106 valence electrons. The second kappa shape index (κ2) is 6.15. The lowest BCUT2D eigenvalue weighted by Gasteiger charge is -2.38. The smallest absolute Gasteiger partial charge is 0.122 e. The van der Waals surface area contributed by atoms with Gasteiger partial charge in [0.2, 0.25) is 0 Å². The van der Waals surface area contributed by atoms with Crippen molar-refractivity contribution in [1.29, 1.82) is 0 Å². The summed E-state index contributed by atoms with van der Waals surface area (Å²) in [6, 6.07) is 4.47. The number of hydrogen-bond donors (Lipinski definition) is 1. The average molecular weight is 282 g/mol. The van der Waals surface area contributed by atoms with Gasteiger partial charge in [-0.15, -0.1) is 12.4 Å². The molecule has 2 aliphatic rings. The van der Waals surface area contributed by atoms with Gasteiger partial charge < -0.3 is 10.1 Å². The quantitative estimate of drug-likeness (QED) is 0.918. The molecule has 19 heavy (non-hydrogen) atoms. The summed E-state index contributed by atoms with van der Waals surface area (Å²) in [5, 5.41) is 3.37. The van der Waals surface area contributed by atoms with E-state index in [1.54, 1.807) is 18.2 Å². The first kappa shape index (κ1) is 14.7. The fraction of sp³-hybridized carbons (Fsp3) is 0.625. The number of nitrogens with one attached hydrogen (secondary N) is 1. The molecule has 1 N–H and O–H groups in total. The van der Waals surface area contributed by atoms with Gasteiger partial charge in [0, 0.05) is 0 Å². The average Bonchev–Trinajstić information content (AvgIpc) is 2.42. The SMILES string of the molecule is CNCC1CCc2ccc(OC)c3c2C1CCC3.Cl. The van der Waals surface area contributed by atoms with Crippen LogP contribution in [0.5, 0.6) is 5.75 Å². The van der Waals surface area contributed by atoms with E-state index >= 15 is 0 Å². The Morgan fingerprint density at radius 1 is 1.26 bits per heavy atom. The molecule has 1 aromatic rings. The Labute approximate surface area is 122 Å². The highest BCUT2D eigenvalue weighted by Crippen LogP contribution is 2.46. The van der Waals surface area contributed by atoms with Crippen molar-refractivity contribution in [2.75, 3.05) is 20.7 Å². The molecular weight excluding hydrogens is 258 g/mol. The van der Waals surface area contributed by atoms with Crippen LogP contribution in [0, 0.1) is 5.92 Å². The number of hydrogen-bond acceptors (Lipinski definition) is 2. The van der Waals surface area contributed by atoms with Crippen molar-refractivity contribution in [2.45, 2.75) is 38.0 Å². The highest BCUT2D eigenvalue weighted by Gasteiger charge is 2.34. The van der Waals surface area contributed by atoms with Gasteiger partial charge in [-0.05, 0) is 80.3 Å². The zero-order chi connectivity index (χ0) is 12.5. The van der Waals surface area contributed by atoms with Crippen molar-refractivity contribution in [3.8, 4) is 5.75 Å². The molecule has 1 aromatic carbocycles. The summed E-state index contributed by atoms with van der Waals surface area (Å²) in [6.07, 6.45) is 6.46. The third-order valence-electron chi connectivity index (χ3n) is 4.76. The maximum absolute atomic E-state index is 5.56. The summed E-state index contributed by atoms with van der Waals surface area (Å²) in [7, 11) is 3.88. The molecule has 0 bridgehead atoms. The van der Waals surface area contributed by atoms with Crippen molar-refractivity contribution < 1.29 is 4.74 Å². The fourth-order valence-electron chi connectivity index (χ4n) is 3.99. The molecule has 2 atom stereocenters. The zero-order valence-electron chi connectivity index (χ0n) is 11.9. The lowest BCUT2D eigenvalue weighted by Crippen LogP contribution is -2.31. The van der Waals surface area contributed by atoms with Gasteiger partial charge in [-0.2, -0.15) is 0 Å². The molecular formula is C16H24ClNO. The van der Waals surface area contributed by atoms with Crippen molar-refractivity contribution >= 4 is 12.4 Å². The summed E-state index contributed by atoms with van der Waals surface area (Å²) in [5.74, 6) is 2.69. The molecule has 0 radical (unpaired) electrons. The van der Waals surface area contributed by atoms with E-state index in [2.05, 4.69) is 24.5 Å². The van der Waals surface area contributed by atoms with Gasteiger partial charge in [0.15, 0.2) is 0 Å². The molecule has 3 heteroatoms. The van der Waals surface area contributed by atoms with Crippen molar-refractivity contribution in [1.82, 2.24) is 5.32 Å². The van der Waals surface area contributed by atoms with E-state index < -0.39 is 0 Å². The highest BCUT2D eigenvalue weighted by atomic mass is 35.5. The predicted molar refractivity (Wildman–Crippen MR) is 81.7 cm³/mol. The first-order valence-electron chi connectivity index (χ1n) is 7.18. The fourth-order valence-corrected chi connectivity index (χ4v) is 3.99. The van der Waals surface area contributed by atoms with Crippen molar-refractivity contribution in [3.05, 3.63) is 28.8 Å². The van der Waals surface area contributed by atoms with Gasteiger partial charge in [-0.1, -0.05) is 6.07 Å². The minimum atomic E-state index is 0. The summed E-state index contributed by atoms with van der Waals surface area (Å²) in [5.41, 5.74) is 4.74. The molecule has 0 saturated carbocycles. The van der Waals surface area contributed by atoms with Crippen LogP contribution in [0.1, 0.15) is 41.9 Å². The number of benzene rings is 1. The normalized spacial score (nSPS) is 24.3. The maximum Gasteiger partial charge on any atom is 0.122 e. The van der Waals surface area contributed by atoms with Crippen LogP contribution < -0.4 is 10.1 Å². The third kappa shape index (κ3) is 2.48. The van der Waals surface area contributed by atoms with Crippen LogP contribution in [0.15, 0.2) is 12.1 Å². The Balaban J connectivity index is 0.00000133. The first-order chi connectivity index (χ1) is 8.85. The van der Waals surface area contributed by atoms with Crippen molar-refractivity contribution in [2.24, 2.45) is 5.92 Å². The molecule has 0 aliphatic heterocycles. The molecule has 0 fully saturated rings. The molecule has 3 rings (SSSR count). The molecule has 0 spiro atoms. The Bertz CT molecular complexity index is 447. The lowest BCUT2D eigenvalue weighted by atomic mass is 9.68. The van der Waals surface area contributed by atoms with E-state index in [1.165, 1.54) is 37.7 Å². The largest absolute Gasteiger partial charge is 0.496 e. The molecule has 0 aromatic heterocycles. The monoisotopic (exact) mass is 281 g/mol. The highest BCUT2D eigenvalue weighted by molar-refractivity contribution is 5.85. The van der Waals surface area contributed by atoms with Gasteiger partial charge in [0.1, 0.15) is 5.75 Å². The Hall–Kier alpha value is -0.730. The molecule has 2 aliphatic carbocycles. The van der Waals surface area contributed by atoms with Crippen LogP contribution in [0.3, 0.4) is 0 Å². The summed E-state index contributed by atoms with van der Waals surface area (Å²) in [6.45, 7) is 1.15. The number of aryl methyl sites for hydroxylation is 1.